The number of nitriles is 1. The highest BCUT2D eigenvalue weighted by atomic mass is 79.9. The smallest absolute Gasteiger partial charge is 0.245 e. The van der Waals surface area contributed by atoms with Crippen molar-refractivity contribution < 1.29 is 9.32 Å². The number of nitrogens with one attached hydrogen (secondary N) is 1. The number of ketones is 1. The Labute approximate surface area is 142 Å². The average molecular weight is 375 g/mol. The van der Waals surface area contributed by atoms with Crippen LogP contribution in [0.25, 0.3) is 0 Å². The summed E-state index contributed by atoms with van der Waals surface area (Å²) < 4.78 is 6.02. The molecule has 0 spiro atoms. The van der Waals surface area contributed by atoms with Crippen molar-refractivity contribution in [3.05, 3.63) is 46.3 Å². The van der Waals surface area contributed by atoms with Gasteiger partial charge in [0.25, 0.3) is 0 Å². The van der Waals surface area contributed by atoms with Crippen LogP contribution in [0, 0.1) is 11.3 Å². The summed E-state index contributed by atoms with van der Waals surface area (Å²) in [4.78, 5) is 12.3. The number of nitrogens with zero attached hydrogens (tertiary/aromatic N) is 3. The molecule has 6 nitrogen and oxygen atoms in total. The number of aromatic nitrogens is 1. The topological polar surface area (TPSA) is 91.3 Å². The molecule has 0 fully saturated rings. The first-order chi connectivity index (χ1) is 10.8. The lowest BCUT2D eigenvalue weighted by atomic mass is 9.93. The minimum absolute atomic E-state index is 0.0614. The highest BCUT2D eigenvalue weighted by Crippen LogP contribution is 2.23. The number of hydrogen-bond acceptors (Lipinski definition) is 6. The van der Waals surface area contributed by atoms with Gasteiger partial charge in [-0.05, 0) is 18.2 Å². The summed E-state index contributed by atoms with van der Waals surface area (Å²) >= 11 is 3.33. The van der Waals surface area contributed by atoms with E-state index in [1.54, 1.807) is 18.2 Å². The summed E-state index contributed by atoms with van der Waals surface area (Å²) in [6.07, 6.45) is 0. The molecule has 118 valence electrons. The van der Waals surface area contributed by atoms with E-state index in [-0.39, 0.29) is 16.8 Å². The number of carbonyl (C=O) groups excluding carboxylic acids is 1. The van der Waals surface area contributed by atoms with Gasteiger partial charge in [-0.25, -0.2) is 0 Å². The fraction of sp³-hybridized carbons (Fsp3) is 0.250. The first kappa shape index (κ1) is 16.9. The summed E-state index contributed by atoms with van der Waals surface area (Å²) in [5.74, 6) is -0.0210. The van der Waals surface area contributed by atoms with Gasteiger partial charge < -0.3 is 4.52 Å². The van der Waals surface area contributed by atoms with Gasteiger partial charge in [-0.3, -0.25) is 10.2 Å². The zero-order valence-electron chi connectivity index (χ0n) is 12.9. The Morgan fingerprint density at radius 1 is 1.39 bits per heavy atom. The maximum Gasteiger partial charge on any atom is 0.245 e. The molecule has 2 aromatic rings. The Morgan fingerprint density at radius 2 is 2.13 bits per heavy atom. The van der Waals surface area contributed by atoms with Crippen LogP contribution in [0.3, 0.4) is 0 Å². The Hall–Kier alpha value is -2.46. The lowest BCUT2D eigenvalue weighted by Gasteiger charge is -2.11. The van der Waals surface area contributed by atoms with E-state index in [1.807, 2.05) is 32.9 Å². The van der Waals surface area contributed by atoms with Crippen LogP contribution in [0.4, 0.5) is 5.69 Å². The molecule has 23 heavy (non-hydrogen) atoms. The maximum absolute atomic E-state index is 12.3. The van der Waals surface area contributed by atoms with Crippen molar-refractivity contribution in [2.45, 2.75) is 26.2 Å². The largest absolute Gasteiger partial charge is 0.360 e. The van der Waals surface area contributed by atoms with Crippen LogP contribution in [-0.2, 0) is 5.41 Å². The van der Waals surface area contributed by atoms with E-state index >= 15 is 0 Å². The normalized spacial score (nSPS) is 11.9. The van der Waals surface area contributed by atoms with E-state index in [1.165, 1.54) is 6.07 Å². The number of benzene rings is 1. The molecule has 0 unspecified atom stereocenters. The summed E-state index contributed by atoms with van der Waals surface area (Å²) in [5.41, 5.74) is 2.82. The molecule has 0 saturated heterocycles. The SMILES string of the molecule is CC(C)(C)c1cc(C(=O)/C(C#N)=N/Nc2cccc(Br)c2)no1. The van der Waals surface area contributed by atoms with E-state index in [0.29, 0.717) is 11.4 Å². The Bertz CT molecular complexity index is 797. The van der Waals surface area contributed by atoms with E-state index < -0.39 is 5.78 Å². The van der Waals surface area contributed by atoms with Gasteiger partial charge in [0.2, 0.25) is 11.5 Å². The van der Waals surface area contributed by atoms with Crippen LogP contribution in [0.5, 0.6) is 0 Å². The summed E-state index contributed by atoms with van der Waals surface area (Å²) in [5, 5.41) is 16.7. The third-order valence-corrected chi connectivity index (χ3v) is 3.42. The van der Waals surface area contributed by atoms with Gasteiger partial charge in [-0.15, -0.1) is 0 Å². The van der Waals surface area contributed by atoms with Crippen LogP contribution in [0.15, 0.2) is 44.4 Å². The summed E-state index contributed by atoms with van der Waals surface area (Å²) in [6, 6.07) is 10.5. The van der Waals surface area contributed by atoms with Gasteiger partial charge in [0.05, 0.1) is 5.69 Å². The van der Waals surface area contributed by atoms with Crippen LogP contribution < -0.4 is 5.43 Å². The molecule has 0 aliphatic heterocycles. The van der Waals surface area contributed by atoms with Crippen molar-refractivity contribution in [2.75, 3.05) is 5.43 Å². The fourth-order valence-electron chi connectivity index (χ4n) is 1.66. The third kappa shape index (κ3) is 4.27. The van der Waals surface area contributed by atoms with Crippen molar-refractivity contribution in [2.24, 2.45) is 5.10 Å². The van der Waals surface area contributed by atoms with Crippen molar-refractivity contribution in [1.29, 1.82) is 5.26 Å². The van der Waals surface area contributed by atoms with Crippen LogP contribution in [0.2, 0.25) is 0 Å². The molecule has 7 heteroatoms. The lowest BCUT2D eigenvalue weighted by molar-refractivity contribution is 0.105. The van der Waals surface area contributed by atoms with Crippen LogP contribution in [-0.4, -0.2) is 16.7 Å². The zero-order valence-corrected chi connectivity index (χ0v) is 14.5. The van der Waals surface area contributed by atoms with Gasteiger partial charge in [-0.2, -0.15) is 10.4 Å². The van der Waals surface area contributed by atoms with E-state index in [4.69, 9.17) is 9.78 Å². The van der Waals surface area contributed by atoms with Crippen molar-refractivity contribution in [3.8, 4) is 6.07 Å². The molecule has 0 amide bonds. The van der Waals surface area contributed by atoms with E-state index in [0.717, 1.165) is 4.47 Å². The molecule has 0 radical (unpaired) electrons. The second kappa shape index (κ2) is 6.75. The predicted octanol–water partition coefficient (Wildman–Crippen LogP) is 3.91. The summed E-state index contributed by atoms with van der Waals surface area (Å²) in [6.45, 7) is 5.82. The molecule has 0 bridgehead atoms. The number of hydrazone groups is 1. The first-order valence-electron chi connectivity index (χ1n) is 6.82. The van der Waals surface area contributed by atoms with Crippen molar-refractivity contribution in [3.63, 3.8) is 0 Å². The molecule has 0 aliphatic carbocycles. The zero-order chi connectivity index (χ0) is 17.0. The van der Waals surface area contributed by atoms with Crippen molar-refractivity contribution in [1.82, 2.24) is 5.16 Å². The lowest BCUT2D eigenvalue weighted by Crippen LogP contribution is -2.15. The molecule has 0 aliphatic rings. The highest BCUT2D eigenvalue weighted by molar-refractivity contribution is 9.10. The minimum Gasteiger partial charge on any atom is -0.360 e. The molecule has 1 N–H and O–H groups in total. The number of halogens is 1. The molecule has 0 atom stereocenters. The first-order valence-corrected chi connectivity index (χ1v) is 7.62. The molecule has 1 heterocycles. The Kier molecular flexibility index (Phi) is 4.96. The molecule has 0 saturated carbocycles. The maximum atomic E-state index is 12.3. The van der Waals surface area contributed by atoms with Crippen LogP contribution in [0.1, 0.15) is 37.0 Å². The number of anilines is 1. The molecule has 1 aromatic heterocycles. The van der Waals surface area contributed by atoms with Gasteiger partial charge >= 0.3 is 0 Å². The van der Waals surface area contributed by atoms with Crippen molar-refractivity contribution >= 4 is 33.1 Å². The fourth-order valence-corrected chi connectivity index (χ4v) is 2.06. The summed E-state index contributed by atoms with van der Waals surface area (Å²) in [7, 11) is 0. The number of carbonyl (C=O) groups is 1. The number of hydrogen-bond donors (Lipinski definition) is 1. The van der Waals surface area contributed by atoms with Gasteiger partial charge in [0.15, 0.2) is 5.69 Å². The Morgan fingerprint density at radius 3 is 2.70 bits per heavy atom. The highest BCUT2D eigenvalue weighted by Gasteiger charge is 2.24. The van der Waals surface area contributed by atoms with Gasteiger partial charge in [-0.1, -0.05) is 47.9 Å². The second-order valence-corrected chi connectivity index (χ2v) is 6.77. The van der Waals surface area contributed by atoms with Gasteiger partial charge in [0, 0.05) is 16.0 Å². The Balaban J connectivity index is 2.20. The molecule has 2 rings (SSSR count). The quantitative estimate of drug-likeness (QED) is 0.497. The average Bonchev–Trinajstić information content (AvgIpc) is 2.97. The van der Waals surface area contributed by atoms with Crippen LogP contribution >= 0.6 is 15.9 Å². The monoisotopic (exact) mass is 374 g/mol. The predicted molar refractivity (Wildman–Crippen MR) is 90.3 cm³/mol. The third-order valence-electron chi connectivity index (χ3n) is 2.92. The van der Waals surface area contributed by atoms with Gasteiger partial charge in [0.1, 0.15) is 11.8 Å². The molecule has 1 aromatic carbocycles. The van der Waals surface area contributed by atoms with E-state index in [9.17, 15) is 4.79 Å². The minimum atomic E-state index is -0.589. The number of rotatable bonds is 4. The standard InChI is InChI=1S/C16H15BrN4O2/c1-16(2,3)14-8-12(21-23-14)15(22)13(9-18)20-19-11-6-4-5-10(17)7-11/h4-8,19H,1-3H3/b20-13+. The molecular formula is C16H15BrN4O2. The van der Waals surface area contributed by atoms with E-state index in [2.05, 4.69) is 31.6 Å². The number of Topliss-reactive ketones (excluding diaryl/α,β-unsaturated/α-hetero) is 1. The molecular weight excluding hydrogens is 360 g/mol. The second-order valence-electron chi connectivity index (χ2n) is 5.85.